The molecule has 1 saturated carbocycles. The van der Waals surface area contributed by atoms with Gasteiger partial charge in [0.25, 0.3) is 0 Å². The third kappa shape index (κ3) is 3.00. The molecule has 25 heavy (non-hydrogen) atoms. The lowest BCUT2D eigenvalue weighted by Gasteiger charge is -2.17. The molecule has 1 saturated heterocycles. The molecule has 1 spiro atoms. The first kappa shape index (κ1) is 16.4. The SMILES string of the molecule is CCC(=O)N1CCC(NC(=O)NCC2CC23CCc2ccccc23)C1. The topological polar surface area (TPSA) is 61.4 Å². The Bertz CT molecular complexity index is 689. The summed E-state index contributed by atoms with van der Waals surface area (Å²) in [4.78, 5) is 25.8. The molecule has 0 bridgehead atoms. The second-order valence-corrected chi connectivity index (χ2v) is 7.75. The van der Waals surface area contributed by atoms with Crippen LogP contribution in [0.15, 0.2) is 24.3 Å². The predicted octanol–water partition coefficient (Wildman–Crippen LogP) is 2.20. The van der Waals surface area contributed by atoms with Crippen molar-refractivity contribution in [1.82, 2.24) is 15.5 Å². The lowest BCUT2D eigenvalue weighted by atomic mass is 9.95. The number of fused-ring (bicyclic) bond motifs is 2. The molecule has 3 amide bonds. The number of hydrogen-bond donors (Lipinski definition) is 2. The van der Waals surface area contributed by atoms with Crippen LogP contribution in [0.1, 0.15) is 43.7 Å². The number of hydrogen-bond acceptors (Lipinski definition) is 2. The molecule has 4 rings (SSSR count). The summed E-state index contributed by atoms with van der Waals surface area (Å²) in [6.07, 6.45) is 4.95. The van der Waals surface area contributed by atoms with Gasteiger partial charge in [0, 0.05) is 37.5 Å². The van der Waals surface area contributed by atoms with E-state index in [1.165, 1.54) is 30.4 Å². The standard InChI is InChI=1S/C20H27N3O2/c1-2-18(24)23-10-8-16(13-23)22-19(25)21-12-15-11-20(15)9-7-14-5-3-4-6-17(14)20/h3-6,15-16H,2,7-13H2,1H3,(H2,21,22,25). The monoisotopic (exact) mass is 341 g/mol. The first-order chi connectivity index (χ1) is 12.1. The average molecular weight is 341 g/mol. The van der Waals surface area contributed by atoms with E-state index in [0.29, 0.717) is 24.3 Å². The molecule has 0 radical (unpaired) electrons. The molecule has 5 nitrogen and oxygen atoms in total. The van der Waals surface area contributed by atoms with Crippen LogP contribution in [-0.2, 0) is 16.6 Å². The molecule has 3 aliphatic rings. The Morgan fingerprint density at radius 3 is 3.00 bits per heavy atom. The van der Waals surface area contributed by atoms with Gasteiger partial charge in [0.05, 0.1) is 0 Å². The minimum absolute atomic E-state index is 0.0795. The number of likely N-dealkylation sites (tertiary alicyclic amines) is 1. The summed E-state index contributed by atoms with van der Waals surface area (Å²) in [6, 6.07) is 8.74. The van der Waals surface area contributed by atoms with Crippen molar-refractivity contribution in [3.8, 4) is 0 Å². The number of urea groups is 1. The van der Waals surface area contributed by atoms with Crippen LogP contribution in [0, 0.1) is 5.92 Å². The van der Waals surface area contributed by atoms with Gasteiger partial charge in [-0.3, -0.25) is 4.79 Å². The molecule has 1 aromatic carbocycles. The normalized spacial score (nSPS) is 29.6. The van der Waals surface area contributed by atoms with E-state index in [-0.39, 0.29) is 18.0 Å². The van der Waals surface area contributed by atoms with Gasteiger partial charge >= 0.3 is 6.03 Å². The number of carbonyl (C=O) groups excluding carboxylic acids is 2. The van der Waals surface area contributed by atoms with E-state index in [0.717, 1.165) is 19.5 Å². The number of carbonyl (C=O) groups is 2. The highest BCUT2D eigenvalue weighted by Crippen LogP contribution is 2.61. The summed E-state index contributed by atoms with van der Waals surface area (Å²) >= 11 is 0. The first-order valence-corrected chi connectivity index (χ1v) is 9.53. The van der Waals surface area contributed by atoms with E-state index < -0.39 is 0 Å². The fraction of sp³-hybridized carbons (Fsp3) is 0.600. The molecule has 1 aromatic rings. The van der Waals surface area contributed by atoms with E-state index in [9.17, 15) is 9.59 Å². The zero-order chi connectivity index (χ0) is 17.4. The highest BCUT2D eigenvalue weighted by Gasteiger charge is 2.57. The van der Waals surface area contributed by atoms with Crippen LogP contribution in [0.2, 0.25) is 0 Å². The largest absolute Gasteiger partial charge is 0.341 e. The third-order valence-electron chi connectivity index (χ3n) is 6.31. The molecule has 2 aliphatic carbocycles. The summed E-state index contributed by atoms with van der Waals surface area (Å²) in [6.45, 7) is 4.01. The maximum atomic E-state index is 12.2. The quantitative estimate of drug-likeness (QED) is 0.882. The number of benzene rings is 1. The van der Waals surface area contributed by atoms with Gasteiger partial charge in [-0.05, 0) is 42.7 Å². The van der Waals surface area contributed by atoms with Gasteiger partial charge in [-0.15, -0.1) is 0 Å². The van der Waals surface area contributed by atoms with Gasteiger partial charge in [0.1, 0.15) is 0 Å². The highest BCUT2D eigenvalue weighted by atomic mass is 16.2. The van der Waals surface area contributed by atoms with Crippen molar-refractivity contribution in [1.29, 1.82) is 0 Å². The molecule has 3 atom stereocenters. The highest BCUT2D eigenvalue weighted by molar-refractivity contribution is 5.77. The van der Waals surface area contributed by atoms with E-state index >= 15 is 0 Å². The Morgan fingerprint density at radius 1 is 1.32 bits per heavy atom. The van der Waals surface area contributed by atoms with Crippen LogP contribution >= 0.6 is 0 Å². The van der Waals surface area contributed by atoms with Crippen molar-refractivity contribution in [3.05, 3.63) is 35.4 Å². The fourth-order valence-electron chi connectivity index (χ4n) is 4.78. The molecule has 3 unspecified atom stereocenters. The van der Waals surface area contributed by atoms with Gasteiger partial charge in [-0.2, -0.15) is 0 Å². The second kappa shape index (κ2) is 6.36. The van der Waals surface area contributed by atoms with E-state index in [1.807, 2.05) is 11.8 Å². The van der Waals surface area contributed by atoms with Crippen molar-refractivity contribution >= 4 is 11.9 Å². The van der Waals surface area contributed by atoms with Crippen molar-refractivity contribution in [2.45, 2.75) is 50.5 Å². The van der Waals surface area contributed by atoms with Crippen LogP contribution in [-0.4, -0.2) is 42.5 Å². The molecular weight excluding hydrogens is 314 g/mol. The van der Waals surface area contributed by atoms with E-state index in [1.54, 1.807) is 0 Å². The summed E-state index contributed by atoms with van der Waals surface area (Å²) in [5, 5.41) is 6.08. The summed E-state index contributed by atoms with van der Waals surface area (Å²) in [7, 11) is 0. The lowest BCUT2D eigenvalue weighted by molar-refractivity contribution is -0.129. The van der Waals surface area contributed by atoms with Gasteiger partial charge < -0.3 is 15.5 Å². The van der Waals surface area contributed by atoms with Crippen LogP contribution in [0.4, 0.5) is 4.79 Å². The van der Waals surface area contributed by atoms with Crippen LogP contribution in [0.3, 0.4) is 0 Å². The minimum atomic E-state index is -0.0934. The summed E-state index contributed by atoms with van der Waals surface area (Å²) in [5.41, 5.74) is 3.31. The lowest BCUT2D eigenvalue weighted by Crippen LogP contribution is -2.44. The maximum absolute atomic E-state index is 12.2. The van der Waals surface area contributed by atoms with Gasteiger partial charge in [-0.25, -0.2) is 4.79 Å². The van der Waals surface area contributed by atoms with E-state index in [2.05, 4.69) is 34.9 Å². The predicted molar refractivity (Wildman–Crippen MR) is 96.4 cm³/mol. The molecule has 2 fully saturated rings. The number of aryl methyl sites for hydroxylation is 1. The number of amides is 3. The first-order valence-electron chi connectivity index (χ1n) is 9.53. The molecule has 1 heterocycles. The minimum Gasteiger partial charge on any atom is -0.341 e. The van der Waals surface area contributed by atoms with Gasteiger partial charge in [0.2, 0.25) is 5.91 Å². The maximum Gasteiger partial charge on any atom is 0.315 e. The van der Waals surface area contributed by atoms with E-state index in [4.69, 9.17) is 0 Å². The van der Waals surface area contributed by atoms with Crippen molar-refractivity contribution in [2.75, 3.05) is 19.6 Å². The molecule has 0 aromatic heterocycles. The zero-order valence-electron chi connectivity index (χ0n) is 14.9. The van der Waals surface area contributed by atoms with Crippen LogP contribution in [0.25, 0.3) is 0 Å². The number of rotatable bonds is 4. The Hall–Kier alpha value is -2.04. The molecule has 134 valence electrons. The Balaban J connectivity index is 1.24. The smallest absolute Gasteiger partial charge is 0.315 e. The third-order valence-corrected chi connectivity index (χ3v) is 6.31. The Kier molecular flexibility index (Phi) is 4.18. The Morgan fingerprint density at radius 2 is 2.16 bits per heavy atom. The average Bonchev–Trinajstić information content (AvgIpc) is 2.94. The number of nitrogens with one attached hydrogen (secondary N) is 2. The second-order valence-electron chi connectivity index (χ2n) is 7.75. The number of nitrogens with zero attached hydrogens (tertiary/aromatic N) is 1. The van der Waals surface area contributed by atoms with Gasteiger partial charge in [-0.1, -0.05) is 31.2 Å². The molecule has 2 N–H and O–H groups in total. The van der Waals surface area contributed by atoms with Crippen LogP contribution in [0.5, 0.6) is 0 Å². The fourth-order valence-corrected chi connectivity index (χ4v) is 4.78. The Labute approximate surface area is 149 Å². The van der Waals surface area contributed by atoms with Crippen molar-refractivity contribution in [3.63, 3.8) is 0 Å². The summed E-state index contributed by atoms with van der Waals surface area (Å²) in [5.74, 6) is 0.730. The van der Waals surface area contributed by atoms with Gasteiger partial charge in [0.15, 0.2) is 0 Å². The molecular formula is C20H27N3O2. The van der Waals surface area contributed by atoms with Crippen molar-refractivity contribution < 1.29 is 9.59 Å². The van der Waals surface area contributed by atoms with Crippen LogP contribution < -0.4 is 10.6 Å². The zero-order valence-corrected chi connectivity index (χ0v) is 14.9. The van der Waals surface area contributed by atoms with Crippen molar-refractivity contribution in [2.24, 2.45) is 5.92 Å². The molecule has 5 heteroatoms. The summed E-state index contributed by atoms with van der Waals surface area (Å²) < 4.78 is 0. The molecule has 1 aliphatic heterocycles.